The smallest absolute Gasteiger partial charge is 0.264 e. The molecule has 0 spiro atoms. The number of benzene rings is 1. The Hall–Kier alpha value is -1.26. The SMILES string of the molecule is O=C(c1cccs1)N1CCN(CCNS(=O)(=O)c2ccc(Br)cc2)CC1. The number of nitrogens with zero attached hydrogens (tertiary/aromatic N) is 2. The molecule has 3 rings (SSSR count). The number of hydrogen-bond acceptors (Lipinski definition) is 5. The molecule has 0 bridgehead atoms. The highest BCUT2D eigenvalue weighted by Gasteiger charge is 2.23. The van der Waals surface area contributed by atoms with Gasteiger partial charge in [0, 0.05) is 43.7 Å². The monoisotopic (exact) mass is 457 g/mol. The third kappa shape index (κ3) is 4.92. The number of amides is 1. The zero-order chi connectivity index (χ0) is 18.6. The van der Waals surface area contributed by atoms with Crippen LogP contribution in [-0.4, -0.2) is 63.4 Å². The van der Waals surface area contributed by atoms with Crippen molar-refractivity contribution in [2.75, 3.05) is 39.3 Å². The van der Waals surface area contributed by atoms with E-state index in [-0.39, 0.29) is 10.8 Å². The van der Waals surface area contributed by atoms with Gasteiger partial charge in [0.15, 0.2) is 0 Å². The molecule has 1 saturated heterocycles. The zero-order valence-corrected chi connectivity index (χ0v) is 17.3. The molecule has 1 N–H and O–H groups in total. The van der Waals surface area contributed by atoms with E-state index < -0.39 is 10.0 Å². The Kier molecular flexibility index (Phi) is 6.46. The first-order valence-corrected chi connectivity index (χ1v) is 11.4. The fourth-order valence-corrected chi connectivity index (χ4v) is 4.74. The first-order valence-electron chi connectivity index (χ1n) is 8.26. The molecule has 9 heteroatoms. The molecule has 1 aromatic carbocycles. The Labute approximate surface area is 166 Å². The first kappa shape index (κ1) is 19.5. The van der Waals surface area contributed by atoms with Crippen LogP contribution in [0.25, 0.3) is 0 Å². The molecule has 1 fully saturated rings. The number of rotatable bonds is 6. The highest BCUT2D eigenvalue weighted by molar-refractivity contribution is 9.10. The molecule has 0 radical (unpaired) electrons. The minimum Gasteiger partial charge on any atom is -0.335 e. The van der Waals surface area contributed by atoms with E-state index in [2.05, 4.69) is 25.6 Å². The van der Waals surface area contributed by atoms with Gasteiger partial charge in [0.05, 0.1) is 9.77 Å². The summed E-state index contributed by atoms with van der Waals surface area (Å²) in [5, 5.41) is 1.90. The average molecular weight is 458 g/mol. The van der Waals surface area contributed by atoms with Crippen LogP contribution >= 0.6 is 27.3 Å². The van der Waals surface area contributed by atoms with Gasteiger partial charge in [-0.3, -0.25) is 9.69 Å². The van der Waals surface area contributed by atoms with E-state index in [0.29, 0.717) is 26.2 Å². The van der Waals surface area contributed by atoms with Gasteiger partial charge < -0.3 is 4.90 Å². The summed E-state index contributed by atoms with van der Waals surface area (Å²) >= 11 is 4.75. The summed E-state index contributed by atoms with van der Waals surface area (Å²) in [4.78, 5) is 17.4. The lowest BCUT2D eigenvalue weighted by atomic mass is 10.3. The number of thiophene rings is 1. The number of hydrogen-bond donors (Lipinski definition) is 1. The van der Waals surface area contributed by atoms with Crippen LogP contribution in [0.2, 0.25) is 0 Å². The van der Waals surface area contributed by atoms with Gasteiger partial charge in [0.2, 0.25) is 10.0 Å². The van der Waals surface area contributed by atoms with Crippen molar-refractivity contribution in [1.29, 1.82) is 0 Å². The molecular weight excluding hydrogens is 438 g/mol. The zero-order valence-electron chi connectivity index (χ0n) is 14.1. The summed E-state index contributed by atoms with van der Waals surface area (Å²) in [5.74, 6) is 0.0793. The fraction of sp³-hybridized carbons (Fsp3) is 0.353. The Morgan fingerprint density at radius 1 is 1.12 bits per heavy atom. The van der Waals surface area contributed by atoms with Crippen LogP contribution in [0, 0.1) is 0 Å². The van der Waals surface area contributed by atoms with Crippen LogP contribution < -0.4 is 4.72 Å². The lowest BCUT2D eigenvalue weighted by Crippen LogP contribution is -2.50. The molecule has 1 aromatic heterocycles. The molecule has 6 nitrogen and oxygen atoms in total. The Bertz CT molecular complexity index is 831. The Morgan fingerprint density at radius 3 is 2.42 bits per heavy atom. The second-order valence-electron chi connectivity index (χ2n) is 5.96. The number of nitrogens with one attached hydrogen (secondary N) is 1. The lowest BCUT2D eigenvalue weighted by Gasteiger charge is -2.34. The standard InChI is InChI=1S/C17H20BrN3O3S2/c18-14-3-5-15(6-4-14)26(23,24)19-7-8-20-9-11-21(12-10-20)17(22)16-2-1-13-25-16/h1-6,13,19H,7-12H2. The van der Waals surface area contributed by atoms with Gasteiger partial charge in [-0.1, -0.05) is 22.0 Å². The third-order valence-corrected chi connectivity index (χ3v) is 7.10. The highest BCUT2D eigenvalue weighted by atomic mass is 79.9. The molecule has 0 atom stereocenters. The van der Waals surface area contributed by atoms with Crippen LogP contribution in [0.15, 0.2) is 51.1 Å². The third-order valence-electron chi connectivity index (χ3n) is 4.24. The predicted octanol–water partition coefficient (Wildman–Crippen LogP) is 2.25. The minimum absolute atomic E-state index is 0.0793. The van der Waals surface area contributed by atoms with E-state index in [1.807, 2.05) is 22.4 Å². The molecule has 1 aliphatic rings. The number of carbonyl (C=O) groups is 1. The van der Waals surface area contributed by atoms with E-state index in [4.69, 9.17) is 0 Å². The number of halogens is 1. The molecular formula is C17H20BrN3O3S2. The van der Waals surface area contributed by atoms with Crippen LogP contribution in [-0.2, 0) is 10.0 Å². The van der Waals surface area contributed by atoms with E-state index in [9.17, 15) is 13.2 Å². The molecule has 2 heterocycles. The quantitative estimate of drug-likeness (QED) is 0.721. The van der Waals surface area contributed by atoms with Crippen LogP contribution in [0.1, 0.15) is 9.67 Å². The fourth-order valence-electron chi connectivity index (χ4n) is 2.77. The Balaban J connectivity index is 1.44. The Morgan fingerprint density at radius 2 is 1.81 bits per heavy atom. The predicted molar refractivity (Wildman–Crippen MR) is 106 cm³/mol. The van der Waals surface area contributed by atoms with Gasteiger partial charge in [0.25, 0.3) is 5.91 Å². The van der Waals surface area contributed by atoms with Crippen molar-refractivity contribution in [2.24, 2.45) is 0 Å². The topological polar surface area (TPSA) is 69.7 Å². The van der Waals surface area contributed by atoms with Crippen molar-refractivity contribution in [3.05, 3.63) is 51.1 Å². The largest absolute Gasteiger partial charge is 0.335 e. The summed E-state index contributed by atoms with van der Waals surface area (Å²) < 4.78 is 28.0. The van der Waals surface area contributed by atoms with Crippen molar-refractivity contribution in [1.82, 2.24) is 14.5 Å². The van der Waals surface area contributed by atoms with Gasteiger partial charge >= 0.3 is 0 Å². The summed E-state index contributed by atoms with van der Waals surface area (Å²) in [5.41, 5.74) is 0. The number of carbonyl (C=O) groups excluding carboxylic acids is 1. The van der Waals surface area contributed by atoms with E-state index in [0.717, 1.165) is 22.4 Å². The van der Waals surface area contributed by atoms with E-state index in [1.54, 1.807) is 24.3 Å². The van der Waals surface area contributed by atoms with Crippen molar-refractivity contribution in [3.8, 4) is 0 Å². The molecule has 2 aromatic rings. The summed E-state index contributed by atoms with van der Waals surface area (Å²) in [6.07, 6.45) is 0. The molecule has 140 valence electrons. The van der Waals surface area contributed by atoms with Gasteiger partial charge in [-0.05, 0) is 35.7 Å². The first-order chi connectivity index (χ1) is 12.5. The maximum Gasteiger partial charge on any atom is 0.264 e. The van der Waals surface area contributed by atoms with Crippen molar-refractivity contribution < 1.29 is 13.2 Å². The van der Waals surface area contributed by atoms with Gasteiger partial charge in [-0.25, -0.2) is 13.1 Å². The van der Waals surface area contributed by atoms with E-state index >= 15 is 0 Å². The molecule has 0 aliphatic carbocycles. The van der Waals surface area contributed by atoms with Crippen LogP contribution in [0.5, 0.6) is 0 Å². The molecule has 0 saturated carbocycles. The van der Waals surface area contributed by atoms with Gasteiger partial charge in [0.1, 0.15) is 0 Å². The molecule has 26 heavy (non-hydrogen) atoms. The van der Waals surface area contributed by atoms with Crippen LogP contribution in [0.4, 0.5) is 0 Å². The highest BCUT2D eigenvalue weighted by Crippen LogP contribution is 2.15. The average Bonchev–Trinajstić information content (AvgIpc) is 3.17. The summed E-state index contributed by atoms with van der Waals surface area (Å²) in [6.45, 7) is 3.79. The summed E-state index contributed by atoms with van der Waals surface area (Å²) in [7, 11) is -3.49. The maximum atomic E-state index is 12.3. The second kappa shape index (κ2) is 8.62. The van der Waals surface area contributed by atoms with Gasteiger partial charge in [-0.2, -0.15) is 0 Å². The van der Waals surface area contributed by atoms with Crippen molar-refractivity contribution >= 4 is 43.2 Å². The maximum absolute atomic E-state index is 12.3. The minimum atomic E-state index is -3.49. The molecule has 1 aliphatic heterocycles. The number of piperazine rings is 1. The normalized spacial score (nSPS) is 16.0. The molecule has 1 amide bonds. The lowest BCUT2D eigenvalue weighted by molar-refractivity contribution is 0.0645. The van der Waals surface area contributed by atoms with Crippen LogP contribution in [0.3, 0.4) is 0 Å². The van der Waals surface area contributed by atoms with E-state index in [1.165, 1.54) is 11.3 Å². The molecule has 0 unspecified atom stereocenters. The number of sulfonamides is 1. The van der Waals surface area contributed by atoms with Crippen molar-refractivity contribution in [3.63, 3.8) is 0 Å². The second-order valence-corrected chi connectivity index (χ2v) is 9.59. The van der Waals surface area contributed by atoms with Crippen molar-refractivity contribution in [2.45, 2.75) is 4.90 Å². The summed E-state index contributed by atoms with van der Waals surface area (Å²) in [6, 6.07) is 10.3. The van der Waals surface area contributed by atoms with Gasteiger partial charge in [-0.15, -0.1) is 11.3 Å².